The van der Waals surface area contributed by atoms with E-state index in [-0.39, 0.29) is 17.6 Å². The van der Waals surface area contributed by atoms with Crippen molar-refractivity contribution >= 4 is 21.8 Å². The summed E-state index contributed by atoms with van der Waals surface area (Å²) in [5.41, 5.74) is 6.07. The van der Waals surface area contributed by atoms with E-state index in [2.05, 4.69) is 21.2 Å². The highest BCUT2D eigenvalue weighted by atomic mass is 79.9. The van der Waals surface area contributed by atoms with Crippen molar-refractivity contribution in [3.63, 3.8) is 0 Å². The van der Waals surface area contributed by atoms with Crippen LogP contribution in [0, 0.1) is 11.7 Å². The van der Waals surface area contributed by atoms with Crippen LogP contribution in [-0.2, 0) is 11.3 Å². The lowest BCUT2D eigenvalue weighted by molar-refractivity contribution is -0.124. The van der Waals surface area contributed by atoms with Crippen LogP contribution in [0.15, 0.2) is 22.7 Å². The highest BCUT2D eigenvalue weighted by molar-refractivity contribution is 9.10. The van der Waals surface area contributed by atoms with Crippen molar-refractivity contribution < 1.29 is 9.18 Å². The van der Waals surface area contributed by atoms with Gasteiger partial charge in [-0.05, 0) is 23.8 Å². The molecule has 3 nitrogen and oxygen atoms in total. The lowest BCUT2D eigenvalue weighted by Crippen LogP contribution is -2.32. The van der Waals surface area contributed by atoms with Crippen molar-refractivity contribution in [1.29, 1.82) is 0 Å². The van der Waals surface area contributed by atoms with Gasteiger partial charge in [0.25, 0.3) is 0 Å². The van der Waals surface area contributed by atoms with E-state index in [1.807, 2.05) is 0 Å². The quantitative estimate of drug-likeness (QED) is 0.888. The Balaban J connectivity index is 2.61. The van der Waals surface area contributed by atoms with Crippen molar-refractivity contribution in [3.8, 4) is 0 Å². The first-order chi connectivity index (χ1) is 7.54. The minimum Gasteiger partial charge on any atom is -0.352 e. The van der Waals surface area contributed by atoms with E-state index < -0.39 is 0 Å². The maximum absolute atomic E-state index is 12.9. The molecule has 88 valence electrons. The average Bonchev–Trinajstić information content (AvgIpc) is 2.28. The molecule has 0 saturated carbocycles. The number of hydrogen-bond acceptors (Lipinski definition) is 2. The largest absolute Gasteiger partial charge is 0.352 e. The molecule has 0 spiro atoms. The van der Waals surface area contributed by atoms with Gasteiger partial charge in [-0.3, -0.25) is 4.79 Å². The normalized spacial score (nSPS) is 12.2. The summed E-state index contributed by atoms with van der Waals surface area (Å²) in [6.07, 6.45) is 0. The fourth-order valence-corrected chi connectivity index (χ4v) is 1.53. The number of carbonyl (C=O) groups is 1. The molecule has 1 unspecified atom stereocenters. The third-order valence-electron chi connectivity index (χ3n) is 2.26. The van der Waals surface area contributed by atoms with Gasteiger partial charge in [0.05, 0.1) is 0 Å². The fraction of sp³-hybridized carbons (Fsp3) is 0.364. The summed E-state index contributed by atoms with van der Waals surface area (Å²) >= 11 is 3.29. The van der Waals surface area contributed by atoms with E-state index in [0.717, 1.165) is 4.47 Å². The van der Waals surface area contributed by atoms with Gasteiger partial charge in [-0.25, -0.2) is 4.39 Å². The van der Waals surface area contributed by atoms with Crippen LogP contribution in [0.4, 0.5) is 4.39 Å². The minimum atomic E-state index is -0.320. The van der Waals surface area contributed by atoms with Gasteiger partial charge in [0.2, 0.25) is 5.91 Å². The number of hydrogen-bond donors (Lipinski definition) is 2. The number of nitrogens with two attached hydrogens (primary N) is 1. The molecule has 5 heteroatoms. The van der Waals surface area contributed by atoms with Crippen LogP contribution >= 0.6 is 15.9 Å². The van der Waals surface area contributed by atoms with Gasteiger partial charge in [-0.2, -0.15) is 0 Å². The smallest absolute Gasteiger partial charge is 0.224 e. The number of halogens is 2. The molecule has 0 aromatic heterocycles. The Kier molecular flexibility index (Phi) is 4.89. The van der Waals surface area contributed by atoms with Crippen LogP contribution in [0.2, 0.25) is 0 Å². The van der Waals surface area contributed by atoms with Crippen LogP contribution in [0.1, 0.15) is 12.5 Å². The van der Waals surface area contributed by atoms with Gasteiger partial charge in [0, 0.05) is 23.5 Å². The third-order valence-corrected chi connectivity index (χ3v) is 3.04. The van der Waals surface area contributed by atoms with Crippen molar-refractivity contribution in [2.24, 2.45) is 11.7 Å². The first kappa shape index (κ1) is 13.1. The number of rotatable bonds is 4. The van der Waals surface area contributed by atoms with Crippen LogP contribution in [0.25, 0.3) is 0 Å². The molecule has 0 aliphatic heterocycles. The molecule has 1 aromatic carbocycles. The molecular formula is C11H14BrFN2O. The maximum Gasteiger partial charge on any atom is 0.224 e. The zero-order valence-electron chi connectivity index (χ0n) is 8.97. The van der Waals surface area contributed by atoms with Gasteiger partial charge in [-0.15, -0.1) is 0 Å². The molecule has 1 aromatic rings. The van der Waals surface area contributed by atoms with Crippen LogP contribution < -0.4 is 11.1 Å². The Labute approximate surface area is 102 Å². The number of carbonyl (C=O) groups excluding carboxylic acids is 1. The molecule has 1 amide bonds. The van der Waals surface area contributed by atoms with Gasteiger partial charge in [0.15, 0.2) is 0 Å². The van der Waals surface area contributed by atoms with Crippen molar-refractivity contribution in [2.75, 3.05) is 6.54 Å². The predicted molar refractivity (Wildman–Crippen MR) is 64.2 cm³/mol. The maximum atomic E-state index is 12.9. The van der Waals surface area contributed by atoms with Gasteiger partial charge < -0.3 is 11.1 Å². The summed E-state index contributed by atoms with van der Waals surface area (Å²) in [6, 6.07) is 4.36. The third kappa shape index (κ3) is 3.57. The second-order valence-corrected chi connectivity index (χ2v) is 4.44. The average molecular weight is 289 g/mol. The molecule has 0 aliphatic carbocycles. The molecule has 0 fully saturated rings. The van der Waals surface area contributed by atoms with E-state index in [1.165, 1.54) is 12.1 Å². The molecule has 16 heavy (non-hydrogen) atoms. The Morgan fingerprint density at radius 2 is 2.31 bits per heavy atom. The summed E-state index contributed by atoms with van der Waals surface area (Å²) < 4.78 is 13.7. The second kappa shape index (κ2) is 5.96. The molecule has 1 atom stereocenters. The highest BCUT2D eigenvalue weighted by Gasteiger charge is 2.10. The lowest BCUT2D eigenvalue weighted by atomic mass is 10.1. The van der Waals surface area contributed by atoms with Crippen LogP contribution in [0.3, 0.4) is 0 Å². The zero-order valence-corrected chi connectivity index (χ0v) is 10.6. The standard InChI is InChI=1S/C11H14BrFN2O/c1-7(5-14)11(16)15-6-8-4-9(13)2-3-10(8)12/h2-4,7H,5-6,14H2,1H3,(H,15,16). The first-order valence-corrected chi connectivity index (χ1v) is 5.75. The summed E-state index contributed by atoms with van der Waals surface area (Å²) in [7, 11) is 0. The van der Waals surface area contributed by atoms with Crippen molar-refractivity contribution in [3.05, 3.63) is 34.1 Å². The SMILES string of the molecule is CC(CN)C(=O)NCc1cc(F)ccc1Br. The monoisotopic (exact) mass is 288 g/mol. The number of nitrogens with one attached hydrogen (secondary N) is 1. The Morgan fingerprint density at radius 1 is 1.62 bits per heavy atom. The summed E-state index contributed by atoms with van der Waals surface area (Å²) in [5, 5.41) is 2.70. The molecule has 1 rings (SSSR count). The van der Waals surface area contributed by atoms with Crippen LogP contribution in [0.5, 0.6) is 0 Å². The fourth-order valence-electron chi connectivity index (χ4n) is 1.14. The van der Waals surface area contributed by atoms with E-state index in [0.29, 0.717) is 18.7 Å². The van der Waals surface area contributed by atoms with E-state index >= 15 is 0 Å². The van der Waals surface area contributed by atoms with Gasteiger partial charge in [0.1, 0.15) is 5.82 Å². The summed E-state index contributed by atoms with van der Waals surface area (Å²) in [6.45, 7) is 2.34. The molecule has 0 bridgehead atoms. The Morgan fingerprint density at radius 3 is 2.94 bits per heavy atom. The van der Waals surface area contributed by atoms with E-state index in [1.54, 1.807) is 13.0 Å². The molecule has 3 N–H and O–H groups in total. The molecule has 0 aliphatic rings. The van der Waals surface area contributed by atoms with Crippen LogP contribution in [-0.4, -0.2) is 12.5 Å². The topological polar surface area (TPSA) is 55.1 Å². The Bertz CT molecular complexity index is 384. The van der Waals surface area contributed by atoms with Crippen molar-refractivity contribution in [1.82, 2.24) is 5.32 Å². The van der Waals surface area contributed by atoms with E-state index in [4.69, 9.17) is 5.73 Å². The number of amides is 1. The zero-order chi connectivity index (χ0) is 12.1. The minimum absolute atomic E-state index is 0.126. The predicted octanol–water partition coefficient (Wildman–Crippen LogP) is 1.80. The van der Waals surface area contributed by atoms with E-state index in [9.17, 15) is 9.18 Å². The summed E-state index contributed by atoms with van der Waals surface area (Å²) in [5.74, 6) is -0.676. The molecular weight excluding hydrogens is 275 g/mol. The first-order valence-electron chi connectivity index (χ1n) is 4.96. The highest BCUT2D eigenvalue weighted by Crippen LogP contribution is 2.17. The second-order valence-electron chi connectivity index (χ2n) is 3.59. The Hall–Kier alpha value is -0.940. The lowest BCUT2D eigenvalue weighted by Gasteiger charge is -2.10. The van der Waals surface area contributed by atoms with Crippen molar-refractivity contribution in [2.45, 2.75) is 13.5 Å². The van der Waals surface area contributed by atoms with Gasteiger partial charge >= 0.3 is 0 Å². The van der Waals surface area contributed by atoms with Gasteiger partial charge in [-0.1, -0.05) is 22.9 Å². The summed E-state index contributed by atoms with van der Waals surface area (Å²) in [4.78, 5) is 11.4. The molecule has 0 radical (unpaired) electrons. The number of benzene rings is 1. The molecule has 0 heterocycles. The molecule has 0 saturated heterocycles.